The first-order chi connectivity index (χ1) is 16.2. The molecule has 2 N–H and O–H groups in total. The quantitative estimate of drug-likeness (QED) is 0.324. The summed E-state index contributed by atoms with van der Waals surface area (Å²) in [5.41, 5.74) is -3.51. The topological polar surface area (TPSA) is 94.0 Å². The summed E-state index contributed by atoms with van der Waals surface area (Å²) in [6, 6.07) is 13.1. The molecule has 0 aliphatic heterocycles. The number of carbonyl (C=O) groups excluding carboxylic acids is 1. The van der Waals surface area contributed by atoms with Gasteiger partial charge in [-0.15, -0.1) is 0 Å². The van der Waals surface area contributed by atoms with Crippen LogP contribution in [-0.4, -0.2) is 31.1 Å². The number of thioether (sulfide) groups is 1. The standard InChI is InChI=1S/C22H17F3N6O2S/c1-14-26-10-11-31(14)19-12-20(28-13-27-19)33-17-6-2-15(3-7-17)29-21(32)30-16-4-8-18(9-5-16)34-22(23,24)25/h2-13H,1H3,(H2,29,30,32). The smallest absolute Gasteiger partial charge is 0.439 e. The molecule has 0 fully saturated rings. The minimum Gasteiger partial charge on any atom is -0.439 e. The summed E-state index contributed by atoms with van der Waals surface area (Å²) in [6.45, 7) is 1.85. The Balaban J connectivity index is 1.33. The average Bonchev–Trinajstić information content (AvgIpc) is 3.22. The molecule has 0 spiro atoms. The number of urea groups is 1. The van der Waals surface area contributed by atoms with E-state index < -0.39 is 11.5 Å². The maximum absolute atomic E-state index is 12.4. The molecule has 0 aliphatic rings. The Bertz CT molecular complexity index is 1280. The Labute approximate surface area is 196 Å². The molecule has 0 aliphatic carbocycles. The number of nitrogens with zero attached hydrogens (tertiary/aromatic N) is 4. The van der Waals surface area contributed by atoms with Gasteiger partial charge >= 0.3 is 11.5 Å². The number of alkyl halides is 3. The number of nitrogens with one attached hydrogen (secondary N) is 2. The lowest BCUT2D eigenvalue weighted by Crippen LogP contribution is -2.19. The second kappa shape index (κ2) is 9.83. The summed E-state index contributed by atoms with van der Waals surface area (Å²) in [5, 5.41) is 5.20. The van der Waals surface area contributed by atoms with Gasteiger partial charge < -0.3 is 15.4 Å². The third kappa shape index (κ3) is 6.25. The van der Waals surface area contributed by atoms with E-state index in [0.717, 1.165) is 5.82 Å². The number of benzene rings is 2. The van der Waals surface area contributed by atoms with Gasteiger partial charge in [0.1, 0.15) is 23.7 Å². The highest BCUT2D eigenvalue weighted by Gasteiger charge is 2.29. The van der Waals surface area contributed by atoms with Crippen LogP contribution in [0.15, 0.2) is 78.2 Å². The summed E-state index contributed by atoms with van der Waals surface area (Å²) in [4.78, 5) is 24.7. The highest BCUT2D eigenvalue weighted by molar-refractivity contribution is 8.00. The lowest BCUT2D eigenvalue weighted by molar-refractivity contribution is -0.0328. The average molecular weight is 486 g/mol. The Morgan fingerprint density at radius 3 is 2.21 bits per heavy atom. The maximum atomic E-state index is 12.4. The van der Waals surface area contributed by atoms with Gasteiger partial charge in [0, 0.05) is 34.7 Å². The molecule has 12 heteroatoms. The largest absolute Gasteiger partial charge is 0.446 e. The molecule has 0 unspecified atom stereocenters. The summed E-state index contributed by atoms with van der Waals surface area (Å²) in [7, 11) is 0. The molecule has 34 heavy (non-hydrogen) atoms. The molecule has 2 amide bonds. The van der Waals surface area contributed by atoms with Crippen molar-refractivity contribution in [2.45, 2.75) is 17.3 Å². The summed E-state index contributed by atoms with van der Waals surface area (Å²) in [5.74, 6) is 2.22. The van der Waals surface area contributed by atoms with Crippen LogP contribution in [0.4, 0.5) is 29.3 Å². The first-order valence-electron chi connectivity index (χ1n) is 9.79. The monoisotopic (exact) mass is 486 g/mol. The van der Waals surface area contributed by atoms with E-state index >= 15 is 0 Å². The molecular formula is C22H17F3N6O2S. The lowest BCUT2D eigenvalue weighted by Gasteiger charge is -2.10. The van der Waals surface area contributed by atoms with Crippen molar-refractivity contribution < 1.29 is 22.7 Å². The van der Waals surface area contributed by atoms with Crippen LogP contribution in [0.1, 0.15) is 5.82 Å². The maximum Gasteiger partial charge on any atom is 0.446 e. The van der Waals surface area contributed by atoms with Crippen molar-refractivity contribution in [1.82, 2.24) is 19.5 Å². The van der Waals surface area contributed by atoms with Crippen molar-refractivity contribution in [1.29, 1.82) is 0 Å². The van der Waals surface area contributed by atoms with Gasteiger partial charge in [0.25, 0.3) is 0 Å². The second-order valence-electron chi connectivity index (χ2n) is 6.84. The molecule has 2 heterocycles. The number of aromatic nitrogens is 4. The van der Waals surface area contributed by atoms with E-state index in [2.05, 4.69) is 25.6 Å². The molecule has 4 aromatic rings. The summed E-state index contributed by atoms with van der Waals surface area (Å²) < 4.78 is 44.8. The minimum absolute atomic E-state index is 0.0324. The number of anilines is 2. The van der Waals surface area contributed by atoms with Gasteiger partial charge in [-0.1, -0.05) is 0 Å². The molecular weight excluding hydrogens is 469 g/mol. The third-order valence-corrected chi connectivity index (χ3v) is 5.12. The van der Waals surface area contributed by atoms with Gasteiger partial charge in [0.05, 0.1) is 0 Å². The Morgan fingerprint density at radius 1 is 0.971 bits per heavy atom. The fraction of sp³-hybridized carbons (Fsp3) is 0.0909. The van der Waals surface area contributed by atoms with Crippen molar-refractivity contribution in [2.24, 2.45) is 0 Å². The van der Waals surface area contributed by atoms with Gasteiger partial charge in [-0.2, -0.15) is 13.2 Å². The number of hydrogen-bond acceptors (Lipinski definition) is 6. The van der Waals surface area contributed by atoms with E-state index in [0.29, 0.717) is 28.8 Å². The van der Waals surface area contributed by atoms with E-state index in [1.807, 2.05) is 6.92 Å². The van der Waals surface area contributed by atoms with Crippen LogP contribution >= 0.6 is 11.8 Å². The number of carbonyl (C=O) groups is 1. The number of aryl methyl sites for hydroxylation is 1. The van der Waals surface area contributed by atoms with Gasteiger partial charge in [0.2, 0.25) is 5.88 Å². The Kier molecular flexibility index (Phi) is 6.68. The van der Waals surface area contributed by atoms with Gasteiger partial charge in [-0.05, 0) is 67.2 Å². The lowest BCUT2D eigenvalue weighted by atomic mass is 10.3. The number of imidazole rings is 1. The number of halogens is 3. The Morgan fingerprint density at radius 2 is 1.62 bits per heavy atom. The highest BCUT2D eigenvalue weighted by atomic mass is 32.2. The van der Waals surface area contributed by atoms with Crippen molar-refractivity contribution in [3.63, 3.8) is 0 Å². The van der Waals surface area contributed by atoms with Crippen LogP contribution in [0, 0.1) is 6.92 Å². The molecule has 174 valence electrons. The van der Waals surface area contributed by atoms with Gasteiger partial charge in [0.15, 0.2) is 0 Å². The van der Waals surface area contributed by atoms with Crippen molar-refractivity contribution >= 4 is 29.2 Å². The molecule has 0 atom stereocenters. The van der Waals surface area contributed by atoms with Crippen molar-refractivity contribution in [2.75, 3.05) is 10.6 Å². The first kappa shape index (κ1) is 23.1. The molecule has 0 saturated carbocycles. The van der Waals surface area contributed by atoms with Crippen LogP contribution in [-0.2, 0) is 0 Å². The third-order valence-electron chi connectivity index (χ3n) is 4.38. The van der Waals surface area contributed by atoms with E-state index in [1.54, 1.807) is 47.3 Å². The van der Waals surface area contributed by atoms with E-state index in [4.69, 9.17) is 4.74 Å². The van der Waals surface area contributed by atoms with Crippen LogP contribution in [0.2, 0.25) is 0 Å². The molecule has 2 aromatic heterocycles. The number of hydrogen-bond donors (Lipinski definition) is 2. The predicted octanol–water partition coefficient (Wildman–Crippen LogP) is 6.02. The van der Waals surface area contributed by atoms with E-state index in [-0.39, 0.29) is 16.7 Å². The zero-order chi connectivity index (χ0) is 24.1. The molecule has 2 aromatic carbocycles. The highest BCUT2D eigenvalue weighted by Crippen LogP contribution is 2.37. The number of amides is 2. The SMILES string of the molecule is Cc1nccn1-c1cc(Oc2ccc(NC(=O)Nc3ccc(SC(F)(F)F)cc3)cc2)ncn1. The molecule has 0 radical (unpaired) electrons. The summed E-state index contributed by atoms with van der Waals surface area (Å²) >= 11 is -0.219. The van der Waals surface area contributed by atoms with Crippen molar-refractivity contribution in [3.05, 3.63) is 79.1 Å². The molecule has 4 rings (SSSR count). The Hall–Kier alpha value is -4.06. The van der Waals surface area contributed by atoms with Gasteiger partial charge in [-0.25, -0.2) is 19.7 Å². The molecule has 0 saturated heterocycles. The zero-order valence-electron chi connectivity index (χ0n) is 17.6. The van der Waals surface area contributed by atoms with Crippen LogP contribution in [0.3, 0.4) is 0 Å². The van der Waals surface area contributed by atoms with E-state index in [1.165, 1.54) is 30.6 Å². The van der Waals surface area contributed by atoms with Crippen LogP contribution in [0.5, 0.6) is 11.6 Å². The normalized spacial score (nSPS) is 11.2. The molecule has 0 bridgehead atoms. The minimum atomic E-state index is -4.36. The summed E-state index contributed by atoms with van der Waals surface area (Å²) in [6.07, 6.45) is 4.84. The van der Waals surface area contributed by atoms with Crippen molar-refractivity contribution in [3.8, 4) is 17.4 Å². The van der Waals surface area contributed by atoms with Crippen LogP contribution in [0.25, 0.3) is 5.82 Å². The number of rotatable bonds is 6. The predicted molar refractivity (Wildman–Crippen MR) is 121 cm³/mol. The molecule has 8 nitrogen and oxygen atoms in total. The first-order valence-corrected chi connectivity index (χ1v) is 10.6. The van der Waals surface area contributed by atoms with E-state index in [9.17, 15) is 18.0 Å². The second-order valence-corrected chi connectivity index (χ2v) is 7.98. The van der Waals surface area contributed by atoms with Crippen LogP contribution < -0.4 is 15.4 Å². The van der Waals surface area contributed by atoms with Gasteiger partial charge in [-0.3, -0.25) is 4.57 Å². The zero-order valence-corrected chi connectivity index (χ0v) is 18.4. The fourth-order valence-electron chi connectivity index (χ4n) is 2.90. The number of ether oxygens (including phenoxy) is 1. The fourth-order valence-corrected chi connectivity index (χ4v) is 3.44.